The van der Waals surface area contributed by atoms with Crippen LogP contribution in [0.3, 0.4) is 0 Å². The summed E-state index contributed by atoms with van der Waals surface area (Å²) in [7, 11) is 0. The average Bonchev–Trinajstić information content (AvgIpc) is 2.16. The molecule has 0 aromatic heterocycles. The second-order valence-electron chi connectivity index (χ2n) is 3.81. The van der Waals surface area contributed by atoms with E-state index in [1.54, 1.807) is 5.57 Å². The highest BCUT2D eigenvalue weighted by Crippen LogP contribution is 2.18. The van der Waals surface area contributed by atoms with Crippen LogP contribution in [0.4, 0.5) is 0 Å². The van der Waals surface area contributed by atoms with E-state index >= 15 is 0 Å². The van der Waals surface area contributed by atoms with Gasteiger partial charge in [0.15, 0.2) is 0 Å². The molecular formula is C12H20. The van der Waals surface area contributed by atoms with Gasteiger partial charge >= 0.3 is 0 Å². The van der Waals surface area contributed by atoms with Crippen molar-refractivity contribution >= 4 is 0 Å². The van der Waals surface area contributed by atoms with E-state index in [1.165, 1.54) is 32.1 Å². The summed E-state index contributed by atoms with van der Waals surface area (Å²) in [6.07, 6.45) is 13.4. The molecule has 0 aromatic rings. The van der Waals surface area contributed by atoms with Gasteiger partial charge in [0.2, 0.25) is 0 Å². The molecule has 1 atom stereocenters. The second kappa shape index (κ2) is 5.18. The van der Waals surface area contributed by atoms with Gasteiger partial charge in [0.05, 0.1) is 0 Å². The summed E-state index contributed by atoms with van der Waals surface area (Å²) in [5, 5.41) is 0. The van der Waals surface area contributed by atoms with Crippen molar-refractivity contribution in [1.82, 2.24) is 0 Å². The highest BCUT2D eigenvalue weighted by Gasteiger charge is 2.01. The van der Waals surface area contributed by atoms with Gasteiger partial charge in [-0.2, -0.15) is 0 Å². The summed E-state index contributed by atoms with van der Waals surface area (Å²) in [6, 6.07) is 0. The van der Waals surface area contributed by atoms with E-state index in [4.69, 9.17) is 0 Å². The lowest BCUT2D eigenvalue weighted by Crippen LogP contribution is -1.93. The summed E-state index contributed by atoms with van der Waals surface area (Å²) in [5.74, 6) is 0.890. The molecule has 0 heteroatoms. The average molecular weight is 164 g/mol. The molecule has 0 saturated carbocycles. The Balaban J connectivity index is 2.22. The van der Waals surface area contributed by atoms with Gasteiger partial charge in [0.1, 0.15) is 0 Å². The van der Waals surface area contributed by atoms with Gasteiger partial charge < -0.3 is 0 Å². The van der Waals surface area contributed by atoms with Gasteiger partial charge in [0, 0.05) is 0 Å². The van der Waals surface area contributed by atoms with Gasteiger partial charge in [-0.15, -0.1) is 0 Å². The molecule has 0 saturated heterocycles. The van der Waals surface area contributed by atoms with E-state index in [1.807, 2.05) is 0 Å². The number of hydrogen-bond acceptors (Lipinski definition) is 0. The first kappa shape index (κ1) is 9.57. The van der Waals surface area contributed by atoms with E-state index in [0.29, 0.717) is 0 Å². The maximum absolute atomic E-state index is 2.39. The molecule has 0 aliphatic heterocycles. The highest BCUT2D eigenvalue weighted by molar-refractivity contribution is 5.21. The largest absolute Gasteiger partial charge is 0.0840 e. The molecule has 0 heterocycles. The monoisotopic (exact) mass is 164 g/mol. The molecule has 0 fully saturated rings. The van der Waals surface area contributed by atoms with Crippen LogP contribution in [0.1, 0.15) is 46.0 Å². The Labute approximate surface area is 76.4 Å². The Morgan fingerprint density at radius 2 is 2.25 bits per heavy atom. The molecule has 12 heavy (non-hydrogen) atoms. The quantitative estimate of drug-likeness (QED) is 0.587. The van der Waals surface area contributed by atoms with Crippen LogP contribution in [0.15, 0.2) is 23.8 Å². The smallest absolute Gasteiger partial charge is 0.0280 e. The first-order valence-electron chi connectivity index (χ1n) is 5.18. The van der Waals surface area contributed by atoms with Crippen molar-refractivity contribution in [2.75, 3.05) is 0 Å². The van der Waals surface area contributed by atoms with Crippen molar-refractivity contribution in [3.63, 3.8) is 0 Å². The molecular weight excluding hydrogens is 144 g/mol. The van der Waals surface area contributed by atoms with Crippen molar-refractivity contribution in [3.8, 4) is 0 Å². The number of allylic oxidation sites excluding steroid dienone is 4. The number of hydrogen-bond donors (Lipinski definition) is 0. The minimum absolute atomic E-state index is 0.890. The molecule has 1 aliphatic carbocycles. The van der Waals surface area contributed by atoms with E-state index in [0.717, 1.165) is 5.92 Å². The van der Waals surface area contributed by atoms with Crippen molar-refractivity contribution in [2.45, 2.75) is 46.0 Å². The normalized spacial score (nSPS) is 19.0. The predicted molar refractivity (Wildman–Crippen MR) is 55.1 cm³/mol. The standard InChI is InChI=1S/C12H20/c1-3-11(2)9-10-12-7-5-4-6-8-12/h5,7-8,11H,3-4,6,9-10H2,1-2H3. The predicted octanol–water partition coefficient (Wildman–Crippen LogP) is 4.09. The van der Waals surface area contributed by atoms with Gasteiger partial charge in [-0.25, -0.2) is 0 Å². The van der Waals surface area contributed by atoms with Crippen molar-refractivity contribution in [1.29, 1.82) is 0 Å². The Morgan fingerprint density at radius 1 is 1.42 bits per heavy atom. The summed E-state index contributed by atoms with van der Waals surface area (Å²) in [5.41, 5.74) is 1.56. The Kier molecular flexibility index (Phi) is 4.13. The fourth-order valence-corrected chi connectivity index (χ4v) is 1.47. The van der Waals surface area contributed by atoms with Crippen LogP contribution in [0.5, 0.6) is 0 Å². The molecule has 1 rings (SSSR count). The third kappa shape index (κ3) is 3.25. The van der Waals surface area contributed by atoms with E-state index < -0.39 is 0 Å². The van der Waals surface area contributed by atoms with Crippen LogP contribution in [0.2, 0.25) is 0 Å². The van der Waals surface area contributed by atoms with Gasteiger partial charge in [-0.05, 0) is 31.6 Å². The molecule has 0 amide bonds. The van der Waals surface area contributed by atoms with Crippen LogP contribution < -0.4 is 0 Å². The van der Waals surface area contributed by atoms with E-state index in [-0.39, 0.29) is 0 Å². The topological polar surface area (TPSA) is 0 Å². The molecule has 0 aromatic carbocycles. The van der Waals surface area contributed by atoms with Crippen molar-refractivity contribution < 1.29 is 0 Å². The zero-order chi connectivity index (χ0) is 8.81. The third-order valence-corrected chi connectivity index (χ3v) is 2.69. The Morgan fingerprint density at radius 3 is 2.83 bits per heavy atom. The van der Waals surface area contributed by atoms with Gasteiger partial charge in [-0.1, -0.05) is 44.1 Å². The zero-order valence-corrected chi connectivity index (χ0v) is 8.34. The Hall–Kier alpha value is -0.520. The van der Waals surface area contributed by atoms with Crippen molar-refractivity contribution in [2.24, 2.45) is 5.92 Å². The van der Waals surface area contributed by atoms with E-state index in [9.17, 15) is 0 Å². The molecule has 0 bridgehead atoms. The molecule has 0 radical (unpaired) electrons. The maximum atomic E-state index is 2.39. The molecule has 0 N–H and O–H groups in total. The lowest BCUT2D eigenvalue weighted by molar-refractivity contribution is 0.517. The van der Waals surface area contributed by atoms with Gasteiger partial charge in [0.25, 0.3) is 0 Å². The molecule has 1 aliphatic rings. The van der Waals surface area contributed by atoms with Crippen LogP contribution in [0.25, 0.3) is 0 Å². The van der Waals surface area contributed by atoms with Crippen LogP contribution in [-0.4, -0.2) is 0 Å². The minimum Gasteiger partial charge on any atom is -0.0840 e. The fourth-order valence-electron chi connectivity index (χ4n) is 1.47. The fraction of sp³-hybridized carbons (Fsp3) is 0.667. The number of rotatable bonds is 4. The zero-order valence-electron chi connectivity index (χ0n) is 8.34. The van der Waals surface area contributed by atoms with Crippen molar-refractivity contribution in [3.05, 3.63) is 23.8 Å². The maximum Gasteiger partial charge on any atom is -0.0280 e. The van der Waals surface area contributed by atoms with E-state index in [2.05, 4.69) is 32.1 Å². The minimum atomic E-state index is 0.890. The molecule has 0 spiro atoms. The van der Waals surface area contributed by atoms with Crippen LogP contribution in [-0.2, 0) is 0 Å². The first-order valence-corrected chi connectivity index (χ1v) is 5.18. The van der Waals surface area contributed by atoms with Crippen LogP contribution in [0, 0.1) is 5.92 Å². The molecule has 68 valence electrons. The summed E-state index contributed by atoms with van der Waals surface area (Å²) < 4.78 is 0. The summed E-state index contributed by atoms with van der Waals surface area (Å²) in [4.78, 5) is 0. The lowest BCUT2D eigenvalue weighted by Gasteiger charge is -2.10. The molecule has 1 unspecified atom stereocenters. The third-order valence-electron chi connectivity index (χ3n) is 2.69. The SMILES string of the molecule is CCC(C)CCC1=CCCC=C1. The summed E-state index contributed by atoms with van der Waals surface area (Å²) >= 11 is 0. The molecule has 0 nitrogen and oxygen atoms in total. The first-order chi connectivity index (χ1) is 5.83. The van der Waals surface area contributed by atoms with Gasteiger partial charge in [-0.3, -0.25) is 0 Å². The lowest BCUT2D eigenvalue weighted by atomic mass is 9.96. The Bertz CT molecular complexity index is 174. The second-order valence-corrected chi connectivity index (χ2v) is 3.81. The van der Waals surface area contributed by atoms with Crippen LogP contribution >= 0.6 is 0 Å². The highest BCUT2D eigenvalue weighted by atomic mass is 14.1. The summed E-state index contributed by atoms with van der Waals surface area (Å²) in [6.45, 7) is 4.61.